The van der Waals surface area contributed by atoms with E-state index in [0.29, 0.717) is 0 Å². The van der Waals surface area contributed by atoms with Crippen LogP contribution in [0.15, 0.2) is 0 Å². The summed E-state index contributed by atoms with van der Waals surface area (Å²) >= 11 is 0. The molecule has 0 aromatic carbocycles. The van der Waals surface area contributed by atoms with Gasteiger partial charge in [0.2, 0.25) is 0 Å². The molecular formula is C12H25NO. The topological polar surface area (TPSA) is 23.5 Å². The van der Waals surface area contributed by atoms with Gasteiger partial charge in [-0.15, -0.1) is 0 Å². The summed E-state index contributed by atoms with van der Waals surface area (Å²) < 4.78 is 0. The van der Waals surface area contributed by atoms with E-state index >= 15 is 0 Å². The van der Waals surface area contributed by atoms with Gasteiger partial charge in [-0.3, -0.25) is 0 Å². The molecule has 0 aliphatic carbocycles. The summed E-state index contributed by atoms with van der Waals surface area (Å²) in [5.74, 6) is 0.951. The van der Waals surface area contributed by atoms with Gasteiger partial charge in [-0.2, -0.15) is 0 Å². The van der Waals surface area contributed by atoms with Crippen LogP contribution in [-0.4, -0.2) is 35.7 Å². The predicted octanol–water partition coefficient (Wildman–Crippen LogP) is 2.27. The number of hydrogen-bond donors (Lipinski definition) is 1. The molecule has 0 spiro atoms. The monoisotopic (exact) mass is 199 g/mol. The molecule has 1 heterocycles. The van der Waals surface area contributed by atoms with Crippen LogP contribution in [-0.2, 0) is 0 Å². The average Bonchev–Trinajstić information content (AvgIpc) is 2.60. The Labute approximate surface area is 88.3 Å². The number of aliphatic hydroxyl groups excluding tert-OH is 1. The highest BCUT2D eigenvalue weighted by Crippen LogP contribution is 2.19. The van der Waals surface area contributed by atoms with E-state index in [9.17, 15) is 0 Å². The lowest BCUT2D eigenvalue weighted by Crippen LogP contribution is -2.22. The molecule has 0 bridgehead atoms. The molecule has 1 N–H and O–H groups in total. The molecule has 1 fully saturated rings. The van der Waals surface area contributed by atoms with Gasteiger partial charge < -0.3 is 10.0 Å². The van der Waals surface area contributed by atoms with E-state index in [0.717, 1.165) is 12.3 Å². The third-order valence-electron chi connectivity index (χ3n) is 3.29. The molecule has 2 atom stereocenters. The fraction of sp³-hybridized carbons (Fsp3) is 1.00. The van der Waals surface area contributed by atoms with E-state index in [4.69, 9.17) is 5.11 Å². The predicted molar refractivity (Wildman–Crippen MR) is 60.4 cm³/mol. The van der Waals surface area contributed by atoms with Gasteiger partial charge in [0.1, 0.15) is 0 Å². The standard InChI is InChI=1S/C12H25NO/c1-3-12-7-9-13(10-12)8-5-4-6-11(2)14/h11-12,14H,3-10H2,1-2H3. The van der Waals surface area contributed by atoms with Gasteiger partial charge in [-0.25, -0.2) is 0 Å². The summed E-state index contributed by atoms with van der Waals surface area (Å²) in [5, 5.41) is 9.11. The van der Waals surface area contributed by atoms with E-state index in [1.807, 2.05) is 6.92 Å². The van der Waals surface area contributed by atoms with Crippen molar-refractivity contribution in [2.45, 2.75) is 52.1 Å². The molecule has 2 unspecified atom stereocenters. The van der Waals surface area contributed by atoms with Gasteiger partial charge in [0.25, 0.3) is 0 Å². The smallest absolute Gasteiger partial charge is 0.0512 e. The van der Waals surface area contributed by atoms with Crippen LogP contribution in [0.1, 0.15) is 46.0 Å². The zero-order valence-electron chi connectivity index (χ0n) is 9.71. The Morgan fingerprint density at radius 3 is 2.79 bits per heavy atom. The fourth-order valence-electron chi connectivity index (χ4n) is 2.22. The molecule has 0 aromatic rings. The second kappa shape index (κ2) is 6.41. The summed E-state index contributed by atoms with van der Waals surface area (Å²) in [5.41, 5.74) is 0. The summed E-state index contributed by atoms with van der Waals surface area (Å²) in [4.78, 5) is 2.58. The van der Waals surface area contributed by atoms with Gasteiger partial charge in [0.05, 0.1) is 6.10 Å². The van der Waals surface area contributed by atoms with Crippen LogP contribution < -0.4 is 0 Å². The molecule has 0 amide bonds. The second-order valence-electron chi connectivity index (χ2n) is 4.71. The maximum Gasteiger partial charge on any atom is 0.0512 e. The van der Waals surface area contributed by atoms with Crippen molar-refractivity contribution in [2.75, 3.05) is 19.6 Å². The lowest BCUT2D eigenvalue weighted by molar-refractivity contribution is 0.178. The molecule has 0 radical (unpaired) electrons. The van der Waals surface area contributed by atoms with Crippen molar-refractivity contribution in [2.24, 2.45) is 5.92 Å². The molecular weight excluding hydrogens is 174 g/mol. The normalized spacial score (nSPS) is 25.5. The quantitative estimate of drug-likeness (QED) is 0.663. The van der Waals surface area contributed by atoms with Crippen molar-refractivity contribution in [1.82, 2.24) is 4.90 Å². The van der Waals surface area contributed by atoms with Crippen LogP contribution in [0.5, 0.6) is 0 Å². The number of rotatable bonds is 6. The Hall–Kier alpha value is -0.0800. The number of nitrogens with zero attached hydrogens (tertiary/aromatic N) is 1. The first-order valence-electron chi connectivity index (χ1n) is 6.12. The van der Waals surface area contributed by atoms with Crippen molar-refractivity contribution >= 4 is 0 Å². The van der Waals surface area contributed by atoms with Crippen LogP contribution in [0.3, 0.4) is 0 Å². The van der Waals surface area contributed by atoms with Gasteiger partial charge in [-0.05, 0) is 51.6 Å². The Morgan fingerprint density at radius 2 is 2.21 bits per heavy atom. The lowest BCUT2D eigenvalue weighted by atomic mass is 10.1. The van der Waals surface area contributed by atoms with Gasteiger partial charge in [0.15, 0.2) is 0 Å². The van der Waals surface area contributed by atoms with Crippen LogP contribution in [0.4, 0.5) is 0 Å². The van der Waals surface area contributed by atoms with E-state index in [2.05, 4.69) is 11.8 Å². The average molecular weight is 199 g/mol. The Bertz CT molecular complexity index is 147. The molecule has 1 rings (SSSR count). The number of aliphatic hydroxyl groups is 1. The Morgan fingerprint density at radius 1 is 1.43 bits per heavy atom. The summed E-state index contributed by atoms with van der Waals surface area (Å²) in [6, 6.07) is 0. The maximum atomic E-state index is 9.11. The third-order valence-corrected chi connectivity index (χ3v) is 3.29. The fourth-order valence-corrected chi connectivity index (χ4v) is 2.22. The Kier molecular flexibility index (Phi) is 5.49. The van der Waals surface area contributed by atoms with Crippen molar-refractivity contribution in [3.63, 3.8) is 0 Å². The number of unbranched alkanes of at least 4 members (excludes halogenated alkanes) is 1. The van der Waals surface area contributed by atoms with E-state index in [1.165, 1.54) is 45.3 Å². The third kappa shape index (κ3) is 4.43. The zero-order valence-corrected chi connectivity index (χ0v) is 9.71. The molecule has 2 nitrogen and oxygen atoms in total. The minimum atomic E-state index is -0.114. The minimum Gasteiger partial charge on any atom is -0.393 e. The first-order valence-corrected chi connectivity index (χ1v) is 6.12. The highest BCUT2D eigenvalue weighted by atomic mass is 16.3. The van der Waals surface area contributed by atoms with Crippen LogP contribution in [0.25, 0.3) is 0 Å². The lowest BCUT2D eigenvalue weighted by Gasteiger charge is -2.15. The largest absolute Gasteiger partial charge is 0.393 e. The van der Waals surface area contributed by atoms with Crippen LogP contribution in [0.2, 0.25) is 0 Å². The first kappa shape index (κ1) is 12.0. The zero-order chi connectivity index (χ0) is 10.4. The van der Waals surface area contributed by atoms with Crippen LogP contribution >= 0.6 is 0 Å². The molecule has 1 aliphatic heterocycles. The van der Waals surface area contributed by atoms with Crippen LogP contribution in [0, 0.1) is 5.92 Å². The summed E-state index contributed by atoms with van der Waals surface area (Å²) in [6.07, 6.45) is 6.01. The highest BCUT2D eigenvalue weighted by molar-refractivity contribution is 4.74. The molecule has 1 aliphatic rings. The van der Waals surface area contributed by atoms with Crippen molar-refractivity contribution in [3.05, 3.63) is 0 Å². The number of likely N-dealkylation sites (tertiary alicyclic amines) is 1. The Balaban J connectivity index is 1.97. The van der Waals surface area contributed by atoms with Gasteiger partial charge >= 0.3 is 0 Å². The molecule has 0 saturated carbocycles. The van der Waals surface area contributed by atoms with E-state index in [1.54, 1.807) is 0 Å². The molecule has 0 aromatic heterocycles. The van der Waals surface area contributed by atoms with Crippen molar-refractivity contribution in [3.8, 4) is 0 Å². The second-order valence-corrected chi connectivity index (χ2v) is 4.71. The SMILES string of the molecule is CCC1CCN(CCCCC(C)O)C1. The van der Waals surface area contributed by atoms with Crippen molar-refractivity contribution in [1.29, 1.82) is 0 Å². The highest BCUT2D eigenvalue weighted by Gasteiger charge is 2.19. The molecule has 14 heavy (non-hydrogen) atoms. The van der Waals surface area contributed by atoms with Gasteiger partial charge in [-0.1, -0.05) is 13.3 Å². The molecule has 84 valence electrons. The maximum absolute atomic E-state index is 9.11. The van der Waals surface area contributed by atoms with E-state index in [-0.39, 0.29) is 6.10 Å². The van der Waals surface area contributed by atoms with Crippen molar-refractivity contribution < 1.29 is 5.11 Å². The van der Waals surface area contributed by atoms with E-state index < -0.39 is 0 Å². The summed E-state index contributed by atoms with van der Waals surface area (Å²) in [6.45, 7) is 8.02. The summed E-state index contributed by atoms with van der Waals surface area (Å²) in [7, 11) is 0. The first-order chi connectivity index (χ1) is 6.72. The van der Waals surface area contributed by atoms with Gasteiger partial charge in [0, 0.05) is 6.54 Å². The molecule has 2 heteroatoms. The number of hydrogen-bond acceptors (Lipinski definition) is 2. The molecule has 1 saturated heterocycles. The minimum absolute atomic E-state index is 0.114.